The molecular formula is C31H36ClN5O2. The van der Waals surface area contributed by atoms with Gasteiger partial charge in [0.1, 0.15) is 17.2 Å². The van der Waals surface area contributed by atoms with Crippen LogP contribution in [0.5, 0.6) is 0 Å². The fourth-order valence-corrected chi connectivity index (χ4v) is 6.21. The summed E-state index contributed by atoms with van der Waals surface area (Å²) < 4.78 is 5.72. The molecule has 7 nitrogen and oxygen atoms in total. The molecule has 2 fully saturated rings. The van der Waals surface area contributed by atoms with Gasteiger partial charge in [0.15, 0.2) is 5.43 Å². The third kappa shape index (κ3) is 5.53. The lowest BCUT2D eigenvalue weighted by atomic mass is 9.79. The predicted octanol–water partition coefficient (Wildman–Crippen LogP) is 5.76. The van der Waals surface area contributed by atoms with Crippen molar-refractivity contribution in [1.29, 1.82) is 0 Å². The lowest BCUT2D eigenvalue weighted by Crippen LogP contribution is -2.28. The summed E-state index contributed by atoms with van der Waals surface area (Å²) >= 11 is 6.23. The van der Waals surface area contributed by atoms with Gasteiger partial charge in [-0.2, -0.15) is 0 Å². The number of nitrogens with zero attached hydrogens (tertiary/aromatic N) is 3. The van der Waals surface area contributed by atoms with Crippen molar-refractivity contribution >= 4 is 39.3 Å². The van der Waals surface area contributed by atoms with E-state index < -0.39 is 0 Å². The highest BCUT2D eigenvalue weighted by molar-refractivity contribution is 6.32. The van der Waals surface area contributed by atoms with Crippen molar-refractivity contribution in [2.24, 2.45) is 11.8 Å². The number of hydrogen-bond donors (Lipinski definition) is 2. The number of fused-ring (bicyclic) bond motifs is 2. The predicted molar refractivity (Wildman–Crippen MR) is 158 cm³/mol. The fourth-order valence-electron chi connectivity index (χ4n) is 6.05. The molecular weight excluding hydrogens is 510 g/mol. The quantitative estimate of drug-likeness (QED) is 0.272. The van der Waals surface area contributed by atoms with Gasteiger partial charge in [0.2, 0.25) is 0 Å². The third-order valence-corrected chi connectivity index (χ3v) is 8.82. The Hall–Kier alpha value is -3.00. The Kier molecular flexibility index (Phi) is 7.31. The van der Waals surface area contributed by atoms with E-state index in [2.05, 4.69) is 27.7 Å². The molecule has 39 heavy (non-hydrogen) atoms. The van der Waals surface area contributed by atoms with Crippen LogP contribution in [-0.2, 0) is 6.54 Å². The maximum absolute atomic E-state index is 12.9. The molecule has 1 aliphatic carbocycles. The number of hydrogen-bond acceptors (Lipinski definition) is 7. The molecule has 2 unspecified atom stereocenters. The largest absolute Gasteiger partial charge is 0.464 e. The lowest BCUT2D eigenvalue weighted by molar-refractivity contribution is 0.255. The van der Waals surface area contributed by atoms with Crippen LogP contribution in [0.3, 0.4) is 0 Å². The Labute approximate surface area is 234 Å². The average molecular weight is 546 g/mol. The Bertz CT molecular complexity index is 1560. The van der Waals surface area contributed by atoms with Crippen LogP contribution in [-0.4, -0.2) is 36.6 Å². The summed E-state index contributed by atoms with van der Waals surface area (Å²) in [6.45, 7) is 3.34. The second-order valence-corrected chi connectivity index (χ2v) is 11.9. The van der Waals surface area contributed by atoms with E-state index >= 15 is 0 Å². The number of rotatable bonds is 8. The Morgan fingerprint density at radius 2 is 1.85 bits per heavy atom. The van der Waals surface area contributed by atoms with E-state index in [1.54, 1.807) is 12.3 Å². The monoisotopic (exact) mass is 545 g/mol. The van der Waals surface area contributed by atoms with Gasteiger partial charge in [0.05, 0.1) is 23.2 Å². The van der Waals surface area contributed by atoms with Crippen LogP contribution in [0.1, 0.15) is 55.1 Å². The number of anilines is 1. The first kappa shape index (κ1) is 26.2. The van der Waals surface area contributed by atoms with Crippen molar-refractivity contribution in [1.82, 2.24) is 20.6 Å². The first-order valence-corrected chi connectivity index (χ1v) is 14.4. The first-order valence-electron chi connectivity index (χ1n) is 14.0. The molecule has 204 valence electrons. The highest BCUT2D eigenvalue weighted by Gasteiger charge is 2.42. The number of benzene rings is 2. The zero-order chi connectivity index (χ0) is 27.1. The summed E-state index contributed by atoms with van der Waals surface area (Å²) in [5.74, 6) is 3.27. The second-order valence-electron chi connectivity index (χ2n) is 11.5. The molecule has 2 atom stereocenters. The van der Waals surface area contributed by atoms with Crippen LogP contribution in [0.2, 0.25) is 5.02 Å². The molecule has 4 aromatic rings. The summed E-state index contributed by atoms with van der Waals surface area (Å²) in [6.07, 6.45) is 7.69. The van der Waals surface area contributed by atoms with Gasteiger partial charge < -0.3 is 20.0 Å². The highest BCUT2D eigenvalue weighted by atomic mass is 35.5. The van der Waals surface area contributed by atoms with Gasteiger partial charge in [-0.1, -0.05) is 36.6 Å². The summed E-state index contributed by atoms with van der Waals surface area (Å²) in [7, 11) is 4.08. The molecule has 2 aromatic heterocycles. The van der Waals surface area contributed by atoms with Crippen LogP contribution in [0.4, 0.5) is 5.82 Å². The van der Waals surface area contributed by atoms with Crippen molar-refractivity contribution in [3.8, 4) is 0 Å². The number of aryl methyl sites for hydroxylation is 1. The van der Waals surface area contributed by atoms with Gasteiger partial charge in [-0.3, -0.25) is 4.79 Å². The molecule has 8 heteroatoms. The minimum atomic E-state index is -0.00561. The third-order valence-electron chi connectivity index (χ3n) is 8.42. The van der Waals surface area contributed by atoms with Crippen molar-refractivity contribution in [2.75, 3.05) is 25.5 Å². The molecule has 3 heterocycles. The normalized spacial score (nSPS) is 22.9. The summed E-state index contributed by atoms with van der Waals surface area (Å²) in [5.41, 5.74) is 3.14. The molecule has 0 bridgehead atoms. The molecule has 0 spiro atoms. The molecule has 0 radical (unpaired) electrons. The van der Waals surface area contributed by atoms with E-state index in [0.29, 0.717) is 40.1 Å². The number of aromatic nitrogens is 2. The van der Waals surface area contributed by atoms with Crippen LogP contribution in [0.25, 0.3) is 21.9 Å². The van der Waals surface area contributed by atoms with Crippen LogP contribution in [0.15, 0.2) is 51.9 Å². The van der Waals surface area contributed by atoms with E-state index in [4.69, 9.17) is 26.0 Å². The van der Waals surface area contributed by atoms with Crippen LogP contribution >= 0.6 is 11.6 Å². The van der Waals surface area contributed by atoms with Gasteiger partial charge >= 0.3 is 0 Å². The van der Waals surface area contributed by atoms with Crippen molar-refractivity contribution < 1.29 is 4.42 Å². The first-order chi connectivity index (χ1) is 18.9. The Balaban J connectivity index is 0.988. The smallest absolute Gasteiger partial charge is 0.197 e. The van der Waals surface area contributed by atoms with Gasteiger partial charge in [0, 0.05) is 42.7 Å². The fraction of sp³-hybridized carbons (Fsp3) is 0.452. The minimum absolute atomic E-state index is 0.00561. The molecule has 1 saturated heterocycles. The van der Waals surface area contributed by atoms with Crippen LogP contribution in [0, 0.1) is 18.8 Å². The molecule has 2 aromatic carbocycles. The van der Waals surface area contributed by atoms with E-state index in [1.807, 2.05) is 39.2 Å². The van der Waals surface area contributed by atoms with Gasteiger partial charge in [-0.15, -0.1) is 0 Å². The van der Waals surface area contributed by atoms with E-state index in [0.717, 1.165) is 40.6 Å². The molecule has 0 amide bonds. The minimum Gasteiger partial charge on any atom is -0.464 e. The summed E-state index contributed by atoms with van der Waals surface area (Å²) in [4.78, 5) is 24.8. The van der Waals surface area contributed by atoms with Crippen LogP contribution < -0.4 is 21.0 Å². The van der Waals surface area contributed by atoms with E-state index in [1.165, 1.54) is 32.1 Å². The summed E-state index contributed by atoms with van der Waals surface area (Å²) in [5, 5.41) is 9.38. The second kappa shape index (κ2) is 10.9. The number of halogens is 1. The molecule has 1 saturated carbocycles. The Morgan fingerprint density at radius 1 is 1.08 bits per heavy atom. The highest BCUT2D eigenvalue weighted by Crippen LogP contribution is 2.39. The lowest BCUT2D eigenvalue weighted by Gasteiger charge is -2.28. The van der Waals surface area contributed by atoms with E-state index in [9.17, 15) is 4.79 Å². The zero-order valence-corrected chi connectivity index (χ0v) is 23.6. The standard InChI is InChI=1S/C31H36ClN5O2/c1-18-12-27-23(14-24(18)32)29(38)21(17-39-27)16-33-15-20-10-8-19(9-11-20)13-26-28(34-26)30-35-25-7-5-4-6-22(25)31(36-30)37(2)3/h4-7,12,14,17,19-20,26,28,33-34H,8-11,13,15-16H2,1-3H3. The van der Waals surface area contributed by atoms with Crippen molar-refractivity contribution in [3.63, 3.8) is 0 Å². The molecule has 1 aliphatic heterocycles. The van der Waals surface area contributed by atoms with Gasteiger partial charge in [-0.25, -0.2) is 9.97 Å². The SMILES string of the molecule is Cc1cc2occ(CNCC3CCC(CC4NC4c4nc(N(C)C)c5ccccc5n4)CC3)c(=O)c2cc1Cl. The molecule has 2 N–H and O–H groups in total. The van der Waals surface area contributed by atoms with Gasteiger partial charge in [-0.05, 0) is 74.4 Å². The topological polar surface area (TPSA) is 93.2 Å². The Morgan fingerprint density at radius 3 is 2.64 bits per heavy atom. The molecule has 2 aliphatic rings. The van der Waals surface area contributed by atoms with Crippen molar-refractivity contribution in [3.05, 3.63) is 74.9 Å². The maximum Gasteiger partial charge on any atom is 0.197 e. The van der Waals surface area contributed by atoms with Gasteiger partial charge in [0.25, 0.3) is 0 Å². The molecule has 6 rings (SSSR count). The maximum atomic E-state index is 12.9. The van der Waals surface area contributed by atoms with E-state index in [-0.39, 0.29) is 11.5 Å². The summed E-state index contributed by atoms with van der Waals surface area (Å²) in [6, 6.07) is 12.5. The number of nitrogens with one attached hydrogen (secondary N) is 2. The average Bonchev–Trinajstić information content (AvgIpc) is 3.70. The van der Waals surface area contributed by atoms with Crippen molar-refractivity contribution in [2.45, 2.75) is 57.7 Å². The number of para-hydroxylation sites is 1. The zero-order valence-electron chi connectivity index (χ0n) is 22.8.